The molecule has 2 N–H and O–H groups in total. The fraction of sp³-hybridized carbons (Fsp3) is 0.167. The largest absolute Gasteiger partial charge is 0.424 e. The Bertz CT molecular complexity index is 1640. The quantitative estimate of drug-likeness (QED) is 0.269. The maximum atomic E-state index is 13.7. The van der Waals surface area contributed by atoms with Gasteiger partial charge in [-0.15, -0.1) is 0 Å². The van der Waals surface area contributed by atoms with Crippen LogP contribution in [0.15, 0.2) is 91.4 Å². The van der Waals surface area contributed by atoms with Crippen LogP contribution in [0.5, 0.6) is 11.8 Å². The lowest BCUT2D eigenvalue weighted by Crippen LogP contribution is -2.45. The van der Waals surface area contributed by atoms with Crippen LogP contribution in [-0.2, 0) is 14.3 Å². The van der Waals surface area contributed by atoms with Gasteiger partial charge in [-0.25, -0.2) is 14.4 Å². The molecule has 0 aliphatic carbocycles. The van der Waals surface area contributed by atoms with E-state index in [0.717, 1.165) is 0 Å². The number of carbonyl (C=O) groups is 1. The van der Waals surface area contributed by atoms with Crippen molar-refractivity contribution >= 4 is 11.6 Å². The van der Waals surface area contributed by atoms with Crippen molar-refractivity contribution in [3.8, 4) is 34.4 Å². The summed E-state index contributed by atoms with van der Waals surface area (Å²) in [5, 5.41) is 2.87. The second kappa shape index (κ2) is 11.2. The number of hydrogen-bond acceptors (Lipinski definition) is 8. The molecule has 0 bridgehead atoms. The summed E-state index contributed by atoms with van der Waals surface area (Å²) in [7, 11) is 0. The highest BCUT2D eigenvalue weighted by atomic mass is 19.1. The number of nitrogens with one attached hydrogen (secondary N) is 2. The maximum Gasteiger partial charge on any atom is 0.322 e. The smallest absolute Gasteiger partial charge is 0.322 e. The van der Waals surface area contributed by atoms with Crippen LogP contribution in [0.2, 0.25) is 0 Å². The maximum absolute atomic E-state index is 13.7. The first-order valence-corrected chi connectivity index (χ1v) is 12.8. The number of pyridine rings is 1. The van der Waals surface area contributed by atoms with Crippen LogP contribution < -0.4 is 10.1 Å². The number of anilines is 1. The van der Waals surface area contributed by atoms with Crippen LogP contribution in [0.1, 0.15) is 19.0 Å². The number of amides is 1. The lowest BCUT2D eigenvalue weighted by Gasteiger charge is -2.35. The number of nitrogens with zero attached hydrogens (tertiary/aromatic N) is 4. The summed E-state index contributed by atoms with van der Waals surface area (Å²) < 4.78 is 31.5. The van der Waals surface area contributed by atoms with E-state index < -0.39 is 11.7 Å². The van der Waals surface area contributed by atoms with Crippen molar-refractivity contribution in [2.75, 3.05) is 18.5 Å². The van der Waals surface area contributed by atoms with Gasteiger partial charge in [0.25, 0.3) is 0 Å². The fourth-order valence-electron chi connectivity index (χ4n) is 4.24. The molecule has 11 heteroatoms. The predicted octanol–water partition coefficient (Wildman–Crippen LogP) is 5.55. The third-order valence-corrected chi connectivity index (χ3v) is 6.50. The van der Waals surface area contributed by atoms with E-state index in [-0.39, 0.29) is 30.9 Å². The highest BCUT2D eigenvalue weighted by molar-refractivity contribution is 5.95. The normalized spacial score (nSPS) is 18.5. The molecule has 2 aromatic carbocycles. The highest BCUT2D eigenvalue weighted by Crippen LogP contribution is 2.36. The van der Waals surface area contributed by atoms with Gasteiger partial charge in [-0.2, -0.15) is 4.98 Å². The average molecular weight is 553 g/mol. The molecule has 3 aromatic heterocycles. The van der Waals surface area contributed by atoms with Crippen molar-refractivity contribution in [2.24, 2.45) is 5.41 Å². The third kappa shape index (κ3) is 5.81. The summed E-state index contributed by atoms with van der Waals surface area (Å²) in [6.07, 6.45) is 3.91. The second-order valence-corrected chi connectivity index (χ2v) is 9.70. The summed E-state index contributed by atoms with van der Waals surface area (Å²) in [5.74, 6) is 0.366. The summed E-state index contributed by atoms with van der Waals surface area (Å²) in [4.78, 5) is 33.7. The molecule has 6 rings (SSSR count). The summed E-state index contributed by atoms with van der Waals surface area (Å²) in [6.45, 7) is 1.96. The summed E-state index contributed by atoms with van der Waals surface area (Å²) in [5.41, 5.74) is 1.93. The van der Waals surface area contributed by atoms with Gasteiger partial charge in [-0.3, -0.25) is 9.78 Å². The van der Waals surface area contributed by atoms with E-state index in [1.807, 2.05) is 18.2 Å². The minimum Gasteiger partial charge on any atom is -0.424 e. The minimum atomic E-state index is -0.925. The Morgan fingerprint density at radius 3 is 2.44 bits per heavy atom. The molecule has 0 spiro atoms. The molecule has 1 aliphatic rings. The Labute approximate surface area is 234 Å². The van der Waals surface area contributed by atoms with Crippen molar-refractivity contribution in [2.45, 2.75) is 13.2 Å². The van der Waals surface area contributed by atoms with Gasteiger partial charge in [-0.05, 0) is 61.5 Å². The molecular weight excluding hydrogens is 527 g/mol. The minimum absolute atomic E-state index is 0.0963. The molecule has 1 amide bonds. The van der Waals surface area contributed by atoms with Crippen molar-refractivity contribution in [3.63, 3.8) is 0 Å². The molecule has 1 aliphatic heterocycles. The first-order chi connectivity index (χ1) is 20.0. The SMILES string of the molecule is CC1(C(=O)Nc2ccncc2)COC(c2nc(-c3ccc(F)cc3)c(-c3ccnc(Oc4ccccc4)n3)[nH]2)OC1. The van der Waals surface area contributed by atoms with Gasteiger partial charge in [0, 0.05) is 29.8 Å². The number of aromatic nitrogens is 5. The lowest BCUT2D eigenvalue weighted by atomic mass is 9.91. The van der Waals surface area contributed by atoms with E-state index >= 15 is 0 Å². The van der Waals surface area contributed by atoms with E-state index in [9.17, 15) is 9.18 Å². The molecule has 0 unspecified atom stereocenters. The molecule has 0 saturated carbocycles. The van der Waals surface area contributed by atoms with Crippen molar-refractivity contribution in [1.29, 1.82) is 0 Å². The number of benzene rings is 2. The highest BCUT2D eigenvalue weighted by Gasteiger charge is 2.41. The Morgan fingerprint density at radius 2 is 1.71 bits per heavy atom. The van der Waals surface area contributed by atoms with Crippen LogP contribution in [-0.4, -0.2) is 44.0 Å². The molecular formula is C30H25FN6O4. The monoisotopic (exact) mass is 552 g/mol. The molecule has 0 radical (unpaired) electrons. The van der Waals surface area contributed by atoms with E-state index in [4.69, 9.17) is 19.2 Å². The van der Waals surface area contributed by atoms with Crippen molar-refractivity contribution < 1.29 is 23.4 Å². The zero-order valence-corrected chi connectivity index (χ0v) is 22.0. The van der Waals surface area contributed by atoms with Crippen molar-refractivity contribution in [1.82, 2.24) is 24.9 Å². The van der Waals surface area contributed by atoms with E-state index in [1.54, 1.807) is 68.0 Å². The Kier molecular flexibility index (Phi) is 7.19. The first-order valence-electron chi connectivity index (χ1n) is 12.8. The van der Waals surface area contributed by atoms with Crippen LogP contribution >= 0.6 is 0 Å². The van der Waals surface area contributed by atoms with Gasteiger partial charge in [0.1, 0.15) is 11.6 Å². The summed E-state index contributed by atoms with van der Waals surface area (Å²) >= 11 is 0. The number of imidazole rings is 1. The predicted molar refractivity (Wildman–Crippen MR) is 147 cm³/mol. The van der Waals surface area contributed by atoms with Gasteiger partial charge in [-0.1, -0.05) is 18.2 Å². The number of aromatic amines is 1. The topological polar surface area (TPSA) is 124 Å². The van der Waals surface area contributed by atoms with E-state index in [2.05, 4.69) is 25.3 Å². The number of hydrogen-bond donors (Lipinski definition) is 2. The standard InChI is InChI=1S/C30H25FN6O4/c1-30(28(38)34-21-11-14-32-15-12-21)17-39-27(40-18-30)26-36-24(19-7-9-20(31)10-8-19)25(37-26)23-13-16-33-29(35-23)41-22-5-3-2-4-6-22/h2-16,27H,17-18H2,1H3,(H,36,37)(H,32,34,38). The van der Waals surface area contributed by atoms with Gasteiger partial charge in [0.15, 0.2) is 5.82 Å². The molecule has 206 valence electrons. The second-order valence-electron chi connectivity index (χ2n) is 9.70. The number of halogens is 1. The molecule has 4 heterocycles. The molecule has 1 saturated heterocycles. The first kappa shape index (κ1) is 26.2. The Balaban J connectivity index is 1.26. The summed E-state index contributed by atoms with van der Waals surface area (Å²) in [6, 6.07) is 20.5. The number of carbonyl (C=O) groups excluding carboxylic acids is 1. The number of ether oxygens (including phenoxy) is 3. The van der Waals surface area contributed by atoms with E-state index in [1.165, 1.54) is 12.1 Å². The molecule has 1 fully saturated rings. The molecule has 5 aromatic rings. The van der Waals surface area contributed by atoms with E-state index in [0.29, 0.717) is 39.9 Å². The lowest BCUT2D eigenvalue weighted by molar-refractivity contribution is -0.229. The van der Waals surface area contributed by atoms with Crippen molar-refractivity contribution in [3.05, 3.63) is 103 Å². The molecule has 10 nitrogen and oxygen atoms in total. The van der Waals surface area contributed by atoms with Gasteiger partial charge in [0.05, 0.1) is 35.7 Å². The van der Waals surface area contributed by atoms with Gasteiger partial charge in [0.2, 0.25) is 12.2 Å². The van der Waals surface area contributed by atoms with Gasteiger partial charge < -0.3 is 24.5 Å². The zero-order chi connectivity index (χ0) is 28.2. The number of para-hydroxylation sites is 1. The van der Waals surface area contributed by atoms with Gasteiger partial charge >= 0.3 is 6.01 Å². The number of H-pyrrole nitrogens is 1. The average Bonchev–Trinajstić information content (AvgIpc) is 3.45. The fourth-order valence-corrected chi connectivity index (χ4v) is 4.24. The van der Waals surface area contributed by atoms with Crippen LogP contribution in [0.3, 0.4) is 0 Å². The zero-order valence-electron chi connectivity index (χ0n) is 22.0. The third-order valence-electron chi connectivity index (χ3n) is 6.50. The molecule has 41 heavy (non-hydrogen) atoms. The number of rotatable bonds is 7. The van der Waals surface area contributed by atoms with Crippen LogP contribution in [0, 0.1) is 11.2 Å². The van der Waals surface area contributed by atoms with Crippen LogP contribution in [0.4, 0.5) is 10.1 Å². The Hall–Kier alpha value is -5.00. The van der Waals surface area contributed by atoms with Crippen LogP contribution in [0.25, 0.3) is 22.6 Å². The Morgan fingerprint density at radius 1 is 0.976 bits per heavy atom. The molecule has 0 atom stereocenters.